The van der Waals surface area contributed by atoms with Gasteiger partial charge in [-0.1, -0.05) is 67.1 Å². The first-order valence-corrected chi connectivity index (χ1v) is 8.92. The van der Waals surface area contributed by atoms with E-state index in [1.165, 1.54) is 5.56 Å². The predicted molar refractivity (Wildman–Crippen MR) is 101 cm³/mol. The fourth-order valence-corrected chi connectivity index (χ4v) is 3.32. The summed E-state index contributed by atoms with van der Waals surface area (Å²) in [6.07, 6.45) is 0. The maximum atomic E-state index is 9.68. The minimum Gasteiger partial charge on any atom is -0.240 e. The van der Waals surface area contributed by atoms with Crippen LogP contribution in [0.4, 0.5) is 0 Å². The first-order chi connectivity index (χ1) is 11.7. The van der Waals surface area contributed by atoms with Gasteiger partial charge in [0.05, 0.1) is 11.3 Å². The van der Waals surface area contributed by atoms with Gasteiger partial charge in [-0.3, -0.25) is 0 Å². The molecular formula is C21H18N2S. The van der Waals surface area contributed by atoms with Crippen molar-refractivity contribution in [1.82, 2.24) is 4.98 Å². The molecule has 0 saturated carbocycles. The van der Waals surface area contributed by atoms with E-state index >= 15 is 0 Å². The summed E-state index contributed by atoms with van der Waals surface area (Å²) in [6, 6.07) is 22.8. The van der Waals surface area contributed by atoms with Gasteiger partial charge < -0.3 is 0 Å². The minimum atomic E-state index is 0.656. The Morgan fingerprint density at radius 3 is 2.33 bits per heavy atom. The molecule has 1 aromatic heterocycles. The highest BCUT2D eigenvalue weighted by molar-refractivity contribution is 7.99. The van der Waals surface area contributed by atoms with Crippen molar-refractivity contribution in [3.8, 4) is 28.5 Å². The molecule has 2 aromatic carbocycles. The van der Waals surface area contributed by atoms with Crippen LogP contribution >= 0.6 is 11.8 Å². The molecular weight excluding hydrogens is 312 g/mol. The molecule has 0 unspecified atom stereocenters. The van der Waals surface area contributed by atoms with Crippen LogP contribution in [0.25, 0.3) is 22.4 Å². The molecule has 3 rings (SSSR count). The first kappa shape index (κ1) is 16.3. The highest BCUT2D eigenvalue weighted by Gasteiger charge is 2.15. The van der Waals surface area contributed by atoms with E-state index in [9.17, 15) is 5.26 Å². The van der Waals surface area contributed by atoms with Gasteiger partial charge in [-0.15, -0.1) is 11.8 Å². The number of rotatable bonds is 4. The molecule has 0 amide bonds. The van der Waals surface area contributed by atoms with Crippen LogP contribution in [0, 0.1) is 18.3 Å². The van der Waals surface area contributed by atoms with Crippen LogP contribution in [0.15, 0.2) is 65.7 Å². The lowest BCUT2D eigenvalue weighted by Gasteiger charge is -2.12. The number of thioether (sulfide) groups is 1. The summed E-state index contributed by atoms with van der Waals surface area (Å²) in [4.78, 5) is 4.76. The van der Waals surface area contributed by atoms with Crippen LogP contribution in [-0.4, -0.2) is 10.7 Å². The van der Waals surface area contributed by atoms with Gasteiger partial charge in [0.1, 0.15) is 11.1 Å². The van der Waals surface area contributed by atoms with Crippen molar-refractivity contribution >= 4 is 11.8 Å². The number of nitrogens with zero attached hydrogens (tertiary/aromatic N) is 2. The lowest BCUT2D eigenvalue weighted by molar-refractivity contribution is 1.12. The normalized spacial score (nSPS) is 10.4. The molecule has 3 aromatic rings. The Kier molecular flexibility index (Phi) is 4.98. The van der Waals surface area contributed by atoms with Crippen LogP contribution in [0.3, 0.4) is 0 Å². The van der Waals surface area contributed by atoms with E-state index in [-0.39, 0.29) is 0 Å². The van der Waals surface area contributed by atoms with E-state index in [2.05, 4.69) is 44.2 Å². The SMILES string of the molecule is CCSc1nc(-c2ccc(C)cc2)cc(-c2ccccc2)c1C#N. The number of aryl methyl sites for hydroxylation is 1. The molecule has 0 aliphatic heterocycles. The van der Waals surface area contributed by atoms with Gasteiger partial charge in [0.25, 0.3) is 0 Å². The Morgan fingerprint density at radius 2 is 1.71 bits per heavy atom. The van der Waals surface area contributed by atoms with E-state index in [0.717, 1.165) is 33.2 Å². The summed E-state index contributed by atoms with van der Waals surface area (Å²) in [5.74, 6) is 0.882. The third kappa shape index (κ3) is 3.34. The molecule has 0 bridgehead atoms. The Morgan fingerprint density at radius 1 is 1.00 bits per heavy atom. The number of nitriles is 1. The standard InChI is InChI=1S/C21H18N2S/c1-3-24-21-19(14-22)18(16-7-5-4-6-8-16)13-20(23-21)17-11-9-15(2)10-12-17/h4-13H,3H2,1-2H3. The van der Waals surface area contributed by atoms with Crippen LogP contribution in [0.1, 0.15) is 18.1 Å². The van der Waals surface area contributed by atoms with Crippen LogP contribution in [-0.2, 0) is 0 Å². The molecule has 24 heavy (non-hydrogen) atoms. The Bertz CT molecular complexity index is 878. The second kappa shape index (κ2) is 7.33. The predicted octanol–water partition coefficient (Wildman–Crippen LogP) is 5.71. The molecule has 0 radical (unpaired) electrons. The van der Waals surface area contributed by atoms with Gasteiger partial charge in [0, 0.05) is 11.1 Å². The topological polar surface area (TPSA) is 36.7 Å². The maximum absolute atomic E-state index is 9.68. The number of aromatic nitrogens is 1. The van der Waals surface area contributed by atoms with E-state index in [1.807, 2.05) is 36.4 Å². The zero-order valence-corrected chi connectivity index (χ0v) is 14.6. The zero-order valence-electron chi connectivity index (χ0n) is 13.8. The average molecular weight is 330 g/mol. The molecule has 0 aliphatic carbocycles. The van der Waals surface area contributed by atoms with E-state index in [1.54, 1.807) is 11.8 Å². The van der Waals surface area contributed by atoms with Crippen LogP contribution < -0.4 is 0 Å². The highest BCUT2D eigenvalue weighted by atomic mass is 32.2. The molecule has 0 atom stereocenters. The first-order valence-electron chi connectivity index (χ1n) is 7.93. The molecule has 2 nitrogen and oxygen atoms in total. The van der Waals surface area contributed by atoms with Gasteiger partial charge in [0.15, 0.2) is 0 Å². The van der Waals surface area contributed by atoms with Crippen molar-refractivity contribution in [1.29, 1.82) is 5.26 Å². The average Bonchev–Trinajstić information content (AvgIpc) is 2.63. The van der Waals surface area contributed by atoms with E-state index in [0.29, 0.717) is 5.56 Å². The number of hydrogen-bond acceptors (Lipinski definition) is 3. The monoisotopic (exact) mass is 330 g/mol. The van der Waals surface area contributed by atoms with Crippen LogP contribution in [0.2, 0.25) is 0 Å². The molecule has 0 saturated heterocycles. The van der Waals surface area contributed by atoms with Gasteiger partial charge in [0.2, 0.25) is 0 Å². The fourth-order valence-electron chi connectivity index (χ4n) is 2.59. The largest absolute Gasteiger partial charge is 0.240 e. The van der Waals surface area contributed by atoms with Gasteiger partial charge in [-0.2, -0.15) is 5.26 Å². The van der Waals surface area contributed by atoms with Crippen molar-refractivity contribution in [3.05, 3.63) is 71.8 Å². The van der Waals surface area contributed by atoms with Crippen molar-refractivity contribution < 1.29 is 0 Å². The fraction of sp³-hybridized carbons (Fsp3) is 0.143. The lowest BCUT2D eigenvalue weighted by Crippen LogP contribution is -1.96. The second-order valence-electron chi connectivity index (χ2n) is 5.51. The molecule has 0 N–H and O–H groups in total. The second-order valence-corrected chi connectivity index (χ2v) is 6.76. The third-order valence-electron chi connectivity index (χ3n) is 3.81. The summed E-state index contributed by atoms with van der Waals surface area (Å²) < 4.78 is 0. The summed E-state index contributed by atoms with van der Waals surface area (Å²) in [6.45, 7) is 4.15. The van der Waals surface area contributed by atoms with Crippen molar-refractivity contribution in [2.45, 2.75) is 18.9 Å². The summed E-state index contributed by atoms with van der Waals surface area (Å²) in [5.41, 5.74) is 5.84. The van der Waals surface area contributed by atoms with Gasteiger partial charge >= 0.3 is 0 Å². The smallest absolute Gasteiger partial charge is 0.115 e. The van der Waals surface area contributed by atoms with Crippen molar-refractivity contribution in [3.63, 3.8) is 0 Å². The molecule has 0 aliphatic rings. The van der Waals surface area contributed by atoms with Crippen LogP contribution in [0.5, 0.6) is 0 Å². The highest BCUT2D eigenvalue weighted by Crippen LogP contribution is 2.34. The molecule has 0 spiro atoms. The Hall–Kier alpha value is -2.57. The number of hydrogen-bond donors (Lipinski definition) is 0. The van der Waals surface area contributed by atoms with Crippen molar-refractivity contribution in [2.75, 3.05) is 5.75 Å². The van der Waals surface area contributed by atoms with Gasteiger partial charge in [-0.25, -0.2) is 4.98 Å². The Labute approximate surface area is 147 Å². The lowest BCUT2D eigenvalue weighted by atomic mass is 9.99. The summed E-state index contributed by atoms with van der Waals surface area (Å²) in [5, 5.41) is 10.5. The van der Waals surface area contributed by atoms with E-state index in [4.69, 9.17) is 4.98 Å². The van der Waals surface area contributed by atoms with Gasteiger partial charge in [-0.05, 0) is 24.3 Å². The minimum absolute atomic E-state index is 0.656. The number of pyridine rings is 1. The van der Waals surface area contributed by atoms with Crippen molar-refractivity contribution in [2.24, 2.45) is 0 Å². The summed E-state index contributed by atoms with van der Waals surface area (Å²) >= 11 is 1.61. The van der Waals surface area contributed by atoms with E-state index < -0.39 is 0 Å². The Balaban J connectivity index is 2.23. The molecule has 3 heteroatoms. The summed E-state index contributed by atoms with van der Waals surface area (Å²) in [7, 11) is 0. The number of benzene rings is 2. The maximum Gasteiger partial charge on any atom is 0.115 e. The quantitative estimate of drug-likeness (QED) is 0.575. The zero-order chi connectivity index (χ0) is 16.9. The molecule has 1 heterocycles. The third-order valence-corrected chi connectivity index (χ3v) is 4.67. The molecule has 0 fully saturated rings. The molecule has 118 valence electrons.